The lowest BCUT2D eigenvalue weighted by Crippen LogP contribution is -2.22. The van der Waals surface area contributed by atoms with Crippen molar-refractivity contribution in [1.82, 2.24) is 0 Å². The predicted molar refractivity (Wildman–Crippen MR) is 54.9 cm³/mol. The van der Waals surface area contributed by atoms with Gasteiger partial charge in [0.1, 0.15) is 11.6 Å². The minimum Gasteiger partial charge on any atom is -0.388 e. The average Bonchev–Trinajstić information content (AvgIpc) is 2.28. The molecule has 1 N–H and O–H groups in total. The Balaban J connectivity index is 2.15. The van der Waals surface area contributed by atoms with Gasteiger partial charge < -0.3 is 9.84 Å². The van der Waals surface area contributed by atoms with Gasteiger partial charge in [-0.15, -0.1) is 0 Å². The van der Waals surface area contributed by atoms with Gasteiger partial charge in [-0.25, -0.2) is 8.78 Å². The van der Waals surface area contributed by atoms with E-state index in [2.05, 4.69) is 0 Å². The molecule has 1 aliphatic heterocycles. The molecular formula is C12H14F2O2. The van der Waals surface area contributed by atoms with Gasteiger partial charge in [0.2, 0.25) is 0 Å². The first-order valence-corrected chi connectivity index (χ1v) is 5.38. The molecule has 0 saturated carbocycles. The van der Waals surface area contributed by atoms with Crippen molar-refractivity contribution in [1.29, 1.82) is 0 Å². The lowest BCUT2D eigenvalue weighted by molar-refractivity contribution is 0.00698. The van der Waals surface area contributed by atoms with E-state index in [4.69, 9.17) is 4.74 Å². The van der Waals surface area contributed by atoms with E-state index < -0.39 is 17.7 Å². The van der Waals surface area contributed by atoms with Crippen LogP contribution in [0.3, 0.4) is 0 Å². The molecule has 1 atom stereocenters. The first-order valence-electron chi connectivity index (χ1n) is 5.38. The molecule has 0 radical (unpaired) electrons. The molecule has 0 amide bonds. The van der Waals surface area contributed by atoms with E-state index in [1.54, 1.807) is 0 Å². The first-order chi connectivity index (χ1) is 7.66. The van der Waals surface area contributed by atoms with Crippen molar-refractivity contribution in [2.45, 2.75) is 18.9 Å². The van der Waals surface area contributed by atoms with Crippen LogP contribution in [0, 0.1) is 17.6 Å². The van der Waals surface area contributed by atoms with Crippen molar-refractivity contribution in [3.63, 3.8) is 0 Å². The minimum absolute atomic E-state index is 0.0231. The number of ether oxygens (including phenoxy) is 1. The van der Waals surface area contributed by atoms with Crippen LogP contribution in [0.15, 0.2) is 18.2 Å². The number of benzene rings is 1. The van der Waals surface area contributed by atoms with Gasteiger partial charge in [-0.3, -0.25) is 0 Å². The van der Waals surface area contributed by atoms with Crippen molar-refractivity contribution >= 4 is 0 Å². The Hall–Kier alpha value is -1.00. The van der Waals surface area contributed by atoms with E-state index >= 15 is 0 Å². The van der Waals surface area contributed by atoms with E-state index in [1.807, 2.05) is 0 Å². The third kappa shape index (κ3) is 2.57. The van der Waals surface area contributed by atoms with Gasteiger partial charge in [-0.2, -0.15) is 0 Å². The summed E-state index contributed by atoms with van der Waals surface area (Å²) in [4.78, 5) is 0. The number of halogens is 2. The smallest absolute Gasteiger partial charge is 0.126 e. The van der Waals surface area contributed by atoms with Crippen LogP contribution in [0.5, 0.6) is 0 Å². The zero-order valence-corrected chi connectivity index (χ0v) is 8.83. The molecule has 0 aromatic heterocycles. The highest BCUT2D eigenvalue weighted by atomic mass is 19.1. The largest absolute Gasteiger partial charge is 0.388 e. The minimum atomic E-state index is -0.811. The molecule has 1 unspecified atom stereocenters. The quantitative estimate of drug-likeness (QED) is 0.842. The Morgan fingerprint density at radius 3 is 2.25 bits per heavy atom. The molecule has 0 aliphatic carbocycles. The molecule has 16 heavy (non-hydrogen) atoms. The van der Waals surface area contributed by atoms with Crippen LogP contribution >= 0.6 is 0 Å². The van der Waals surface area contributed by atoms with Crippen LogP contribution in [0.25, 0.3) is 0 Å². The summed E-state index contributed by atoms with van der Waals surface area (Å²) in [5.74, 6) is -1.28. The molecule has 4 heteroatoms. The molecule has 2 nitrogen and oxygen atoms in total. The second kappa shape index (κ2) is 4.89. The standard InChI is InChI=1S/C12H14F2O2/c13-10-5-9(6-11(14)7-10)12(15)8-1-3-16-4-2-8/h5-8,12,15H,1-4H2. The number of rotatable bonds is 2. The summed E-state index contributed by atoms with van der Waals surface area (Å²) in [6.45, 7) is 1.19. The third-order valence-corrected chi connectivity index (χ3v) is 2.94. The SMILES string of the molecule is OC(c1cc(F)cc(F)c1)C1CCOCC1. The van der Waals surface area contributed by atoms with Crippen LogP contribution in [-0.2, 0) is 4.74 Å². The summed E-state index contributed by atoms with van der Waals surface area (Å²) in [5.41, 5.74) is 0.310. The van der Waals surface area contributed by atoms with Crippen LogP contribution in [0.2, 0.25) is 0 Å². The fourth-order valence-electron chi connectivity index (χ4n) is 2.05. The van der Waals surface area contributed by atoms with Gasteiger partial charge in [0, 0.05) is 19.3 Å². The van der Waals surface area contributed by atoms with Crippen molar-refractivity contribution in [2.75, 3.05) is 13.2 Å². The van der Waals surface area contributed by atoms with Gasteiger partial charge in [0.15, 0.2) is 0 Å². The molecule has 0 spiro atoms. The molecule has 1 aromatic rings. The van der Waals surface area contributed by atoms with Crippen molar-refractivity contribution in [3.05, 3.63) is 35.4 Å². The zero-order chi connectivity index (χ0) is 11.5. The highest BCUT2D eigenvalue weighted by Gasteiger charge is 2.24. The maximum Gasteiger partial charge on any atom is 0.126 e. The summed E-state index contributed by atoms with van der Waals surface area (Å²) in [5, 5.41) is 10.0. The number of hydrogen-bond donors (Lipinski definition) is 1. The highest BCUT2D eigenvalue weighted by Crippen LogP contribution is 2.30. The van der Waals surface area contributed by atoms with Crippen molar-refractivity contribution in [3.8, 4) is 0 Å². The monoisotopic (exact) mass is 228 g/mol. The van der Waals surface area contributed by atoms with Crippen LogP contribution in [0.4, 0.5) is 8.78 Å². The fraction of sp³-hybridized carbons (Fsp3) is 0.500. The predicted octanol–water partition coefficient (Wildman–Crippen LogP) is 2.42. The second-order valence-corrected chi connectivity index (χ2v) is 4.10. The molecule has 1 saturated heterocycles. The Morgan fingerprint density at radius 1 is 1.12 bits per heavy atom. The van der Waals surface area contributed by atoms with Gasteiger partial charge in [0.25, 0.3) is 0 Å². The average molecular weight is 228 g/mol. The summed E-state index contributed by atoms with van der Waals surface area (Å²) < 4.78 is 31.1. The molecule has 1 aliphatic rings. The van der Waals surface area contributed by atoms with Crippen LogP contribution in [0.1, 0.15) is 24.5 Å². The topological polar surface area (TPSA) is 29.5 Å². The molecular weight excluding hydrogens is 214 g/mol. The van der Waals surface area contributed by atoms with E-state index in [0.29, 0.717) is 18.8 Å². The third-order valence-electron chi connectivity index (χ3n) is 2.94. The van der Waals surface area contributed by atoms with Crippen LogP contribution in [-0.4, -0.2) is 18.3 Å². The second-order valence-electron chi connectivity index (χ2n) is 4.10. The number of hydrogen-bond acceptors (Lipinski definition) is 2. The van der Waals surface area contributed by atoms with Gasteiger partial charge in [-0.1, -0.05) is 0 Å². The molecule has 1 heterocycles. The first kappa shape index (κ1) is 11.5. The van der Waals surface area contributed by atoms with Crippen LogP contribution < -0.4 is 0 Å². The molecule has 1 aromatic carbocycles. The molecule has 1 fully saturated rings. The van der Waals surface area contributed by atoms with Crippen molar-refractivity contribution < 1.29 is 18.6 Å². The number of aliphatic hydroxyl groups is 1. The van der Waals surface area contributed by atoms with E-state index in [1.165, 1.54) is 12.1 Å². The summed E-state index contributed by atoms with van der Waals surface area (Å²) in [7, 11) is 0. The fourth-order valence-corrected chi connectivity index (χ4v) is 2.05. The lowest BCUT2D eigenvalue weighted by atomic mass is 9.89. The molecule has 2 rings (SSSR count). The highest BCUT2D eigenvalue weighted by molar-refractivity contribution is 5.20. The van der Waals surface area contributed by atoms with E-state index in [0.717, 1.165) is 18.9 Å². The van der Waals surface area contributed by atoms with Gasteiger partial charge in [0.05, 0.1) is 6.10 Å². The Bertz CT molecular complexity index is 342. The lowest BCUT2D eigenvalue weighted by Gasteiger charge is -2.27. The molecule has 88 valence electrons. The summed E-state index contributed by atoms with van der Waals surface area (Å²) in [6, 6.07) is 3.17. The summed E-state index contributed by atoms with van der Waals surface area (Å²) in [6.07, 6.45) is 0.632. The zero-order valence-electron chi connectivity index (χ0n) is 8.83. The Labute approximate surface area is 92.9 Å². The Morgan fingerprint density at radius 2 is 1.69 bits per heavy atom. The maximum atomic E-state index is 13.0. The maximum absolute atomic E-state index is 13.0. The van der Waals surface area contributed by atoms with E-state index in [9.17, 15) is 13.9 Å². The van der Waals surface area contributed by atoms with Gasteiger partial charge >= 0.3 is 0 Å². The number of aliphatic hydroxyl groups excluding tert-OH is 1. The normalized spacial score (nSPS) is 19.7. The molecule has 0 bridgehead atoms. The van der Waals surface area contributed by atoms with Gasteiger partial charge in [-0.05, 0) is 36.5 Å². The summed E-state index contributed by atoms with van der Waals surface area (Å²) >= 11 is 0. The van der Waals surface area contributed by atoms with Crippen molar-refractivity contribution in [2.24, 2.45) is 5.92 Å². The van der Waals surface area contributed by atoms with E-state index in [-0.39, 0.29) is 5.92 Å². The Kier molecular flexibility index (Phi) is 3.51.